The molecular formula is C14H16F2N2S. The third kappa shape index (κ3) is 3.81. The molecule has 102 valence electrons. The SMILES string of the molecule is CC(C)CNCc1nc(-c2cc(F)ccc2F)cs1. The van der Waals surface area contributed by atoms with Gasteiger partial charge in [0.05, 0.1) is 5.69 Å². The summed E-state index contributed by atoms with van der Waals surface area (Å²) in [7, 11) is 0. The van der Waals surface area contributed by atoms with Gasteiger partial charge in [0.1, 0.15) is 16.6 Å². The Morgan fingerprint density at radius 1 is 1.32 bits per heavy atom. The van der Waals surface area contributed by atoms with Crippen LogP contribution in [0.3, 0.4) is 0 Å². The molecular weight excluding hydrogens is 266 g/mol. The van der Waals surface area contributed by atoms with Crippen LogP contribution in [-0.4, -0.2) is 11.5 Å². The van der Waals surface area contributed by atoms with E-state index < -0.39 is 11.6 Å². The first-order valence-corrected chi connectivity index (χ1v) is 7.04. The predicted molar refractivity (Wildman–Crippen MR) is 74.0 cm³/mol. The number of nitrogens with zero attached hydrogens (tertiary/aromatic N) is 1. The summed E-state index contributed by atoms with van der Waals surface area (Å²) in [5, 5.41) is 5.90. The van der Waals surface area contributed by atoms with Gasteiger partial charge in [0.15, 0.2) is 0 Å². The van der Waals surface area contributed by atoms with Crippen molar-refractivity contribution in [1.82, 2.24) is 10.3 Å². The van der Waals surface area contributed by atoms with Gasteiger partial charge in [-0.05, 0) is 30.7 Å². The Morgan fingerprint density at radius 2 is 2.11 bits per heavy atom. The van der Waals surface area contributed by atoms with Gasteiger partial charge in [-0.3, -0.25) is 0 Å². The Balaban J connectivity index is 2.10. The molecule has 0 amide bonds. The van der Waals surface area contributed by atoms with Gasteiger partial charge in [-0.15, -0.1) is 11.3 Å². The highest BCUT2D eigenvalue weighted by Gasteiger charge is 2.10. The lowest BCUT2D eigenvalue weighted by Crippen LogP contribution is -2.18. The molecule has 0 aliphatic rings. The lowest BCUT2D eigenvalue weighted by molar-refractivity contribution is 0.551. The van der Waals surface area contributed by atoms with Crippen LogP contribution in [0.1, 0.15) is 18.9 Å². The van der Waals surface area contributed by atoms with E-state index in [0.717, 1.165) is 23.7 Å². The van der Waals surface area contributed by atoms with Crippen LogP contribution in [0.25, 0.3) is 11.3 Å². The highest BCUT2D eigenvalue weighted by Crippen LogP contribution is 2.25. The number of nitrogens with one attached hydrogen (secondary N) is 1. The zero-order valence-corrected chi connectivity index (χ0v) is 11.7. The largest absolute Gasteiger partial charge is 0.310 e. The summed E-state index contributed by atoms with van der Waals surface area (Å²) >= 11 is 1.45. The van der Waals surface area contributed by atoms with Crippen molar-refractivity contribution in [1.29, 1.82) is 0 Å². The molecule has 2 nitrogen and oxygen atoms in total. The van der Waals surface area contributed by atoms with Crippen LogP contribution in [0, 0.1) is 17.6 Å². The summed E-state index contributed by atoms with van der Waals surface area (Å²) in [6.07, 6.45) is 0. The number of hydrogen-bond donors (Lipinski definition) is 1. The highest BCUT2D eigenvalue weighted by atomic mass is 32.1. The molecule has 0 aliphatic carbocycles. The topological polar surface area (TPSA) is 24.9 Å². The minimum absolute atomic E-state index is 0.214. The second-order valence-electron chi connectivity index (χ2n) is 4.78. The van der Waals surface area contributed by atoms with Crippen LogP contribution >= 0.6 is 11.3 Å². The van der Waals surface area contributed by atoms with Gasteiger partial charge in [0.25, 0.3) is 0 Å². The first-order chi connectivity index (χ1) is 9.06. The maximum absolute atomic E-state index is 13.6. The maximum Gasteiger partial charge on any atom is 0.132 e. The number of aromatic nitrogens is 1. The number of thiazole rings is 1. The first-order valence-electron chi connectivity index (χ1n) is 6.17. The Hall–Kier alpha value is -1.33. The fraction of sp³-hybridized carbons (Fsp3) is 0.357. The predicted octanol–water partition coefficient (Wildman–Crippen LogP) is 3.83. The number of hydrogen-bond acceptors (Lipinski definition) is 3. The Bertz CT molecular complexity index is 552. The molecule has 0 unspecified atom stereocenters. The quantitative estimate of drug-likeness (QED) is 0.901. The molecule has 1 heterocycles. The monoisotopic (exact) mass is 282 g/mol. The lowest BCUT2D eigenvalue weighted by atomic mass is 10.1. The third-order valence-corrected chi connectivity index (χ3v) is 3.43. The van der Waals surface area contributed by atoms with Crippen LogP contribution in [0.15, 0.2) is 23.6 Å². The molecule has 0 atom stereocenters. The first kappa shape index (κ1) is 14.1. The van der Waals surface area contributed by atoms with E-state index in [4.69, 9.17) is 0 Å². The molecule has 0 radical (unpaired) electrons. The van der Waals surface area contributed by atoms with E-state index in [9.17, 15) is 8.78 Å². The van der Waals surface area contributed by atoms with E-state index in [1.807, 2.05) is 0 Å². The number of rotatable bonds is 5. The summed E-state index contributed by atoms with van der Waals surface area (Å²) in [4.78, 5) is 4.33. The average molecular weight is 282 g/mol. The molecule has 5 heteroatoms. The van der Waals surface area contributed by atoms with Gasteiger partial charge in [-0.25, -0.2) is 13.8 Å². The Labute approximate surface area is 115 Å². The lowest BCUT2D eigenvalue weighted by Gasteiger charge is -2.04. The van der Waals surface area contributed by atoms with Gasteiger partial charge in [0, 0.05) is 17.5 Å². The summed E-state index contributed by atoms with van der Waals surface area (Å²) in [5.41, 5.74) is 0.703. The molecule has 19 heavy (non-hydrogen) atoms. The molecule has 0 saturated heterocycles. The van der Waals surface area contributed by atoms with Crippen molar-refractivity contribution in [2.24, 2.45) is 5.92 Å². The fourth-order valence-corrected chi connectivity index (χ4v) is 2.44. The molecule has 1 aromatic carbocycles. The van der Waals surface area contributed by atoms with Crippen molar-refractivity contribution in [2.45, 2.75) is 20.4 Å². The van der Waals surface area contributed by atoms with Gasteiger partial charge < -0.3 is 5.32 Å². The number of benzene rings is 1. The number of halogens is 2. The minimum atomic E-state index is -0.455. The molecule has 0 fully saturated rings. The Kier molecular flexibility index (Phi) is 4.61. The van der Waals surface area contributed by atoms with Crippen molar-refractivity contribution >= 4 is 11.3 Å². The van der Waals surface area contributed by atoms with Crippen LogP contribution in [0.2, 0.25) is 0 Å². The van der Waals surface area contributed by atoms with Gasteiger partial charge in [-0.2, -0.15) is 0 Å². The summed E-state index contributed by atoms with van der Waals surface area (Å²) in [5.74, 6) is -0.336. The standard InChI is InChI=1S/C14H16F2N2S/c1-9(2)6-17-7-14-18-13(8-19-14)11-5-10(15)3-4-12(11)16/h3-5,8-9,17H,6-7H2,1-2H3. The van der Waals surface area contributed by atoms with Crippen molar-refractivity contribution in [3.8, 4) is 11.3 Å². The molecule has 1 aromatic heterocycles. The van der Waals surface area contributed by atoms with Crippen LogP contribution in [-0.2, 0) is 6.54 Å². The van der Waals surface area contributed by atoms with Gasteiger partial charge >= 0.3 is 0 Å². The molecule has 0 spiro atoms. The summed E-state index contributed by atoms with van der Waals surface area (Å²) in [6.45, 7) is 5.81. The zero-order chi connectivity index (χ0) is 13.8. The zero-order valence-electron chi connectivity index (χ0n) is 10.9. The molecule has 0 aliphatic heterocycles. The van der Waals surface area contributed by atoms with E-state index in [0.29, 0.717) is 18.2 Å². The smallest absolute Gasteiger partial charge is 0.132 e. The molecule has 0 bridgehead atoms. The van der Waals surface area contributed by atoms with Gasteiger partial charge in [0.2, 0.25) is 0 Å². The summed E-state index contributed by atoms with van der Waals surface area (Å²) in [6, 6.07) is 3.41. The molecule has 2 rings (SSSR count). The van der Waals surface area contributed by atoms with E-state index in [1.54, 1.807) is 5.38 Å². The second-order valence-corrected chi connectivity index (χ2v) is 5.72. The van der Waals surface area contributed by atoms with Gasteiger partial charge in [-0.1, -0.05) is 13.8 Å². The van der Waals surface area contributed by atoms with Crippen molar-refractivity contribution in [3.05, 3.63) is 40.2 Å². The molecule has 0 saturated carbocycles. The van der Waals surface area contributed by atoms with Crippen molar-refractivity contribution in [2.75, 3.05) is 6.54 Å². The van der Waals surface area contributed by atoms with Crippen molar-refractivity contribution < 1.29 is 8.78 Å². The highest BCUT2D eigenvalue weighted by molar-refractivity contribution is 7.09. The fourth-order valence-electron chi connectivity index (χ4n) is 1.68. The molecule has 2 aromatic rings. The third-order valence-electron chi connectivity index (χ3n) is 2.58. The molecule has 1 N–H and O–H groups in total. The second kappa shape index (κ2) is 6.21. The van der Waals surface area contributed by atoms with E-state index in [-0.39, 0.29) is 5.56 Å². The van der Waals surface area contributed by atoms with E-state index >= 15 is 0 Å². The average Bonchev–Trinajstić information content (AvgIpc) is 2.80. The summed E-state index contributed by atoms with van der Waals surface area (Å²) < 4.78 is 26.7. The normalized spacial score (nSPS) is 11.2. The van der Waals surface area contributed by atoms with Crippen LogP contribution < -0.4 is 5.32 Å². The minimum Gasteiger partial charge on any atom is -0.310 e. The Morgan fingerprint density at radius 3 is 2.84 bits per heavy atom. The van der Waals surface area contributed by atoms with Crippen molar-refractivity contribution in [3.63, 3.8) is 0 Å². The maximum atomic E-state index is 13.6. The van der Waals surface area contributed by atoms with Crippen LogP contribution in [0.4, 0.5) is 8.78 Å². The van der Waals surface area contributed by atoms with Crippen LogP contribution in [0.5, 0.6) is 0 Å². The van der Waals surface area contributed by atoms with E-state index in [2.05, 4.69) is 24.1 Å². The van der Waals surface area contributed by atoms with E-state index in [1.165, 1.54) is 17.4 Å².